The minimum absolute atomic E-state index is 0.0615. The minimum Gasteiger partial charge on any atom is -0.352 e. The topological polar surface area (TPSA) is 59.8 Å². The van der Waals surface area contributed by atoms with Crippen LogP contribution in [0.15, 0.2) is 54.7 Å². The van der Waals surface area contributed by atoms with Crippen molar-refractivity contribution in [2.24, 2.45) is 0 Å². The van der Waals surface area contributed by atoms with Crippen LogP contribution in [0.3, 0.4) is 0 Å². The molecular weight excluding hydrogens is 312 g/mol. The molecule has 2 heterocycles. The third-order valence-corrected chi connectivity index (χ3v) is 4.04. The SMILES string of the molecule is Cc1cc(C)n(Cc2ccc(C(=O)NCCc3ccccn3)cc2)n1. The number of nitrogens with one attached hydrogen (secondary N) is 1. The summed E-state index contributed by atoms with van der Waals surface area (Å²) in [6, 6.07) is 15.5. The summed E-state index contributed by atoms with van der Waals surface area (Å²) in [6.45, 7) is 5.32. The molecule has 2 aromatic heterocycles. The predicted octanol–water partition coefficient (Wildman–Crippen LogP) is 2.92. The Balaban J connectivity index is 1.54. The van der Waals surface area contributed by atoms with Gasteiger partial charge in [-0.05, 0) is 49.7 Å². The third kappa shape index (κ3) is 4.53. The fourth-order valence-electron chi connectivity index (χ4n) is 2.72. The Morgan fingerprint density at radius 1 is 1.12 bits per heavy atom. The van der Waals surface area contributed by atoms with E-state index in [9.17, 15) is 4.79 Å². The number of hydrogen-bond acceptors (Lipinski definition) is 3. The Morgan fingerprint density at radius 3 is 2.56 bits per heavy atom. The van der Waals surface area contributed by atoms with Gasteiger partial charge in [0, 0.05) is 36.1 Å². The highest BCUT2D eigenvalue weighted by Gasteiger charge is 2.06. The molecule has 0 aliphatic carbocycles. The molecule has 0 aliphatic heterocycles. The zero-order valence-corrected chi connectivity index (χ0v) is 14.6. The van der Waals surface area contributed by atoms with Crippen molar-refractivity contribution in [3.05, 3.63) is 82.9 Å². The Hall–Kier alpha value is -2.95. The first-order valence-electron chi connectivity index (χ1n) is 8.40. The van der Waals surface area contributed by atoms with Gasteiger partial charge < -0.3 is 5.32 Å². The lowest BCUT2D eigenvalue weighted by Gasteiger charge is -2.07. The molecule has 0 unspecified atom stereocenters. The number of nitrogens with zero attached hydrogens (tertiary/aromatic N) is 3. The third-order valence-electron chi connectivity index (χ3n) is 4.04. The van der Waals surface area contributed by atoms with Gasteiger partial charge in [0.25, 0.3) is 5.91 Å². The van der Waals surface area contributed by atoms with E-state index in [1.165, 1.54) is 0 Å². The summed E-state index contributed by atoms with van der Waals surface area (Å²) in [5.41, 5.74) is 4.91. The van der Waals surface area contributed by atoms with Crippen LogP contribution in [0, 0.1) is 13.8 Å². The second kappa shape index (κ2) is 7.75. The first-order valence-corrected chi connectivity index (χ1v) is 8.40. The molecule has 3 aromatic rings. The number of aromatic nitrogens is 3. The normalized spacial score (nSPS) is 10.6. The Labute approximate surface area is 147 Å². The maximum Gasteiger partial charge on any atom is 0.251 e. The summed E-state index contributed by atoms with van der Waals surface area (Å²) >= 11 is 0. The number of carbonyl (C=O) groups is 1. The van der Waals surface area contributed by atoms with Gasteiger partial charge in [-0.2, -0.15) is 5.10 Å². The highest BCUT2D eigenvalue weighted by molar-refractivity contribution is 5.94. The van der Waals surface area contributed by atoms with E-state index in [1.54, 1.807) is 6.20 Å². The van der Waals surface area contributed by atoms with Gasteiger partial charge >= 0.3 is 0 Å². The van der Waals surface area contributed by atoms with E-state index in [0.29, 0.717) is 18.7 Å². The molecule has 0 bridgehead atoms. The molecule has 0 radical (unpaired) electrons. The Kier molecular flexibility index (Phi) is 5.23. The number of pyridine rings is 1. The number of hydrogen-bond donors (Lipinski definition) is 1. The number of benzene rings is 1. The molecule has 3 rings (SSSR count). The van der Waals surface area contributed by atoms with Gasteiger partial charge in [0.15, 0.2) is 0 Å². The highest BCUT2D eigenvalue weighted by atomic mass is 16.1. The molecular formula is C20H22N4O. The van der Waals surface area contributed by atoms with Gasteiger partial charge in [0.1, 0.15) is 0 Å². The summed E-state index contributed by atoms with van der Waals surface area (Å²) in [5, 5.41) is 7.40. The number of carbonyl (C=O) groups excluding carboxylic acids is 1. The van der Waals surface area contributed by atoms with Gasteiger partial charge in [-0.15, -0.1) is 0 Å². The fourth-order valence-corrected chi connectivity index (χ4v) is 2.72. The van der Waals surface area contributed by atoms with Crippen LogP contribution in [0.1, 0.15) is 33.0 Å². The van der Waals surface area contributed by atoms with Crippen molar-refractivity contribution in [1.29, 1.82) is 0 Å². The summed E-state index contributed by atoms with van der Waals surface area (Å²) in [7, 11) is 0. The van der Waals surface area contributed by atoms with Crippen molar-refractivity contribution in [3.63, 3.8) is 0 Å². The van der Waals surface area contributed by atoms with E-state index in [1.807, 2.05) is 61.0 Å². The van der Waals surface area contributed by atoms with Crippen LogP contribution in [-0.4, -0.2) is 27.2 Å². The number of amides is 1. The van der Waals surface area contributed by atoms with Crippen molar-refractivity contribution < 1.29 is 4.79 Å². The van der Waals surface area contributed by atoms with Crippen LogP contribution >= 0.6 is 0 Å². The quantitative estimate of drug-likeness (QED) is 0.754. The smallest absolute Gasteiger partial charge is 0.251 e. The van der Waals surface area contributed by atoms with E-state index < -0.39 is 0 Å². The summed E-state index contributed by atoms with van der Waals surface area (Å²) in [6.07, 6.45) is 2.49. The van der Waals surface area contributed by atoms with Crippen molar-refractivity contribution in [3.8, 4) is 0 Å². The molecule has 5 nitrogen and oxygen atoms in total. The second-order valence-corrected chi connectivity index (χ2v) is 6.11. The molecule has 1 N–H and O–H groups in total. The molecule has 0 saturated heterocycles. The van der Waals surface area contributed by atoms with Crippen LogP contribution in [-0.2, 0) is 13.0 Å². The summed E-state index contributed by atoms with van der Waals surface area (Å²) in [4.78, 5) is 16.5. The molecule has 0 saturated carbocycles. The largest absolute Gasteiger partial charge is 0.352 e. The van der Waals surface area contributed by atoms with Gasteiger partial charge in [0.2, 0.25) is 0 Å². The molecule has 1 amide bonds. The fraction of sp³-hybridized carbons (Fsp3) is 0.250. The average Bonchev–Trinajstić information content (AvgIpc) is 2.93. The van der Waals surface area contributed by atoms with E-state index in [0.717, 1.165) is 29.1 Å². The molecule has 0 aliphatic rings. The first-order chi connectivity index (χ1) is 12.1. The van der Waals surface area contributed by atoms with Gasteiger partial charge in [0.05, 0.1) is 12.2 Å². The van der Waals surface area contributed by atoms with Crippen molar-refractivity contribution >= 4 is 5.91 Å². The Morgan fingerprint density at radius 2 is 1.92 bits per heavy atom. The second-order valence-electron chi connectivity index (χ2n) is 6.11. The van der Waals surface area contributed by atoms with Gasteiger partial charge in [-0.1, -0.05) is 18.2 Å². The van der Waals surface area contributed by atoms with E-state index in [2.05, 4.69) is 21.5 Å². The minimum atomic E-state index is -0.0615. The van der Waals surface area contributed by atoms with E-state index in [4.69, 9.17) is 0 Å². The molecule has 0 atom stereocenters. The van der Waals surface area contributed by atoms with E-state index in [-0.39, 0.29) is 5.91 Å². The number of rotatable bonds is 6. The lowest BCUT2D eigenvalue weighted by atomic mass is 10.1. The lowest BCUT2D eigenvalue weighted by Crippen LogP contribution is -2.25. The molecule has 128 valence electrons. The van der Waals surface area contributed by atoms with Crippen molar-refractivity contribution in [2.45, 2.75) is 26.8 Å². The Bertz CT molecular complexity index is 838. The van der Waals surface area contributed by atoms with Crippen molar-refractivity contribution in [2.75, 3.05) is 6.54 Å². The predicted molar refractivity (Wildman–Crippen MR) is 97.5 cm³/mol. The van der Waals surface area contributed by atoms with Crippen LogP contribution in [0.25, 0.3) is 0 Å². The zero-order chi connectivity index (χ0) is 17.6. The monoisotopic (exact) mass is 334 g/mol. The molecule has 0 fully saturated rings. The molecule has 0 spiro atoms. The van der Waals surface area contributed by atoms with E-state index >= 15 is 0 Å². The maximum atomic E-state index is 12.2. The van der Waals surface area contributed by atoms with Crippen LogP contribution in [0.2, 0.25) is 0 Å². The highest BCUT2D eigenvalue weighted by Crippen LogP contribution is 2.09. The molecule has 5 heteroatoms. The first kappa shape index (κ1) is 16.9. The van der Waals surface area contributed by atoms with Crippen LogP contribution < -0.4 is 5.32 Å². The molecule has 25 heavy (non-hydrogen) atoms. The zero-order valence-electron chi connectivity index (χ0n) is 14.6. The van der Waals surface area contributed by atoms with Gasteiger partial charge in [-0.25, -0.2) is 0 Å². The van der Waals surface area contributed by atoms with Crippen LogP contribution in [0.5, 0.6) is 0 Å². The van der Waals surface area contributed by atoms with Crippen LogP contribution in [0.4, 0.5) is 0 Å². The van der Waals surface area contributed by atoms with Crippen molar-refractivity contribution in [1.82, 2.24) is 20.1 Å². The lowest BCUT2D eigenvalue weighted by molar-refractivity contribution is 0.0954. The number of aryl methyl sites for hydroxylation is 2. The summed E-state index contributed by atoms with van der Waals surface area (Å²) in [5.74, 6) is -0.0615. The summed E-state index contributed by atoms with van der Waals surface area (Å²) < 4.78 is 1.97. The van der Waals surface area contributed by atoms with Gasteiger partial charge in [-0.3, -0.25) is 14.5 Å². The maximum absolute atomic E-state index is 12.2. The average molecular weight is 334 g/mol. The molecule has 1 aromatic carbocycles. The standard InChI is InChI=1S/C20H22N4O/c1-15-13-16(2)24(23-15)14-17-6-8-18(9-7-17)20(25)22-12-10-19-5-3-4-11-21-19/h3-9,11,13H,10,12,14H2,1-2H3,(H,22,25).